The van der Waals surface area contributed by atoms with E-state index >= 15 is 0 Å². The normalized spacial score (nSPS) is 24.9. The van der Waals surface area contributed by atoms with Crippen molar-refractivity contribution in [1.29, 1.82) is 0 Å². The Kier molecular flexibility index (Phi) is 4.13. The average Bonchev–Trinajstić information content (AvgIpc) is 3.16. The molecule has 1 N–H and O–H groups in total. The quantitative estimate of drug-likeness (QED) is 0.877. The molecule has 0 spiro atoms. The SMILES string of the molecule is Cn1nccc1[C@@H]1OCCC[C@H]1CNCc1noc(C2CC2)n1. The number of nitrogens with one attached hydrogen (secondary N) is 1. The molecular formula is C16H23N5O2. The highest BCUT2D eigenvalue weighted by molar-refractivity contribution is 5.07. The molecule has 4 rings (SSSR count). The number of ether oxygens (including phenoxy) is 1. The lowest BCUT2D eigenvalue weighted by molar-refractivity contribution is -0.0323. The number of rotatable bonds is 6. The van der Waals surface area contributed by atoms with Gasteiger partial charge in [0.05, 0.1) is 12.2 Å². The van der Waals surface area contributed by atoms with Crippen LogP contribution < -0.4 is 5.32 Å². The number of nitrogens with zero attached hydrogens (tertiary/aromatic N) is 4. The average molecular weight is 317 g/mol. The van der Waals surface area contributed by atoms with Gasteiger partial charge in [0.2, 0.25) is 5.89 Å². The van der Waals surface area contributed by atoms with Crippen LogP contribution >= 0.6 is 0 Å². The van der Waals surface area contributed by atoms with Crippen molar-refractivity contribution in [3.8, 4) is 0 Å². The third kappa shape index (κ3) is 3.30. The third-order valence-corrected chi connectivity index (χ3v) is 4.70. The minimum Gasteiger partial charge on any atom is -0.372 e. The summed E-state index contributed by atoms with van der Waals surface area (Å²) in [4.78, 5) is 4.45. The maximum atomic E-state index is 6.01. The Hall–Kier alpha value is -1.73. The Morgan fingerprint density at radius 3 is 3.04 bits per heavy atom. The van der Waals surface area contributed by atoms with Gasteiger partial charge in [-0.15, -0.1) is 0 Å². The van der Waals surface area contributed by atoms with Gasteiger partial charge in [-0.3, -0.25) is 4.68 Å². The molecule has 0 aromatic carbocycles. The van der Waals surface area contributed by atoms with E-state index in [0.29, 0.717) is 18.4 Å². The molecule has 124 valence electrons. The van der Waals surface area contributed by atoms with Crippen molar-refractivity contribution in [3.63, 3.8) is 0 Å². The molecule has 1 saturated heterocycles. The fraction of sp³-hybridized carbons (Fsp3) is 0.688. The van der Waals surface area contributed by atoms with Crippen LogP contribution in [0, 0.1) is 5.92 Å². The minimum atomic E-state index is 0.107. The van der Waals surface area contributed by atoms with Crippen molar-refractivity contribution < 1.29 is 9.26 Å². The van der Waals surface area contributed by atoms with Gasteiger partial charge in [-0.1, -0.05) is 5.16 Å². The highest BCUT2D eigenvalue weighted by Gasteiger charge is 2.30. The van der Waals surface area contributed by atoms with Crippen LogP contribution in [0.5, 0.6) is 0 Å². The second kappa shape index (κ2) is 6.41. The molecule has 7 heteroatoms. The van der Waals surface area contributed by atoms with E-state index in [9.17, 15) is 0 Å². The van der Waals surface area contributed by atoms with E-state index < -0.39 is 0 Å². The van der Waals surface area contributed by atoms with Crippen LogP contribution in [0.4, 0.5) is 0 Å². The molecular weight excluding hydrogens is 294 g/mol. The smallest absolute Gasteiger partial charge is 0.229 e. The number of hydrogen-bond donors (Lipinski definition) is 1. The first-order chi connectivity index (χ1) is 11.3. The van der Waals surface area contributed by atoms with Crippen molar-refractivity contribution in [2.45, 2.75) is 44.2 Å². The molecule has 2 aromatic heterocycles. The Morgan fingerprint density at radius 1 is 1.35 bits per heavy atom. The van der Waals surface area contributed by atoms with Crippen molar-refractivity contribution in [1.82, 2.24) is 25.2 Å². The van der Waals surface area contributed by atoms with Crippen LogP contribution in [-0.4, -0.2) is 33.1 Å². The van der Waals surface area contributed by atoms with Gasteiger partial charge < -0.3 is 14.6 Å². The molecule has 2 aliphatic rings. The molecule has 2 fully saturated rings. The molecule has 2 aromatic rings. The molecule has 1 saturated carbocycles. The van der Waals surface area contributed by atoms with Crippen LogP contribution in [0.2, 0.25) is 0 Å². The monoisotopic (exact) mass is 317 g/mol. The van der Waals surface area contributed by atoms with Crippen molar-refractivity contribution in [2.24, 2.45) is 13.0 Å². The van der Waals surface area contributed by atoms with Crippen molar-refractivity contribution >= 4 is 0 Å². The van der Waals surface area contributed by atoms with Crippen molar-refractivity contribution in [2.75, 3.05) is 13.2 Å². The molecule has 0 amide bonds. The van der Waals surface area contributed by atoms with E-state index in [4.69, 9.17) is 9.26 Å². The summed E-state index contributed by atoms with van der Waals surface area (Å²) in [6.45, 7) is 2.34. The van der Waals surface area contributed by atoms with Crippen LogP contribution in [0.1, 0.15) is 55.1 Å². The summed E-state index contributed by atoms with van der Waals surface area (Å²) in [6.07, 6.45) is 6.56. The van der Waals surface area contributed by atoms with Crippen LogP contribution in [0.3, 0.4) is 0 Å². The van der Waals surface area contributed by atoms with E-state index in [-0.39, 0.29) is 6.10 Å². The van der Waals surface area contributed by atoms with Crippen molar-refractivity contribution in [3.05, 3.63) is 29.7 Å². The van der Waals surface area contributed by atoms with E-state index in [1.807, 2.05) is 24.0 Å². The number of hydrogen-bond acceptors (Lipinski definition) is 6. The summed E-state index contributed by atoms with van der Waals surface area (Å²) in [5.74, 6) is 2.50. The number of aryl methyl sites for hydroxylation is 1. The zero-order valence-corrected chi connectivity index (χ0v) is 13.4. The fourth-order valence-electron chi connectivity index (χ4n) is 3.25. The van der Waals surface area contributed by atoms with Gasteiger partial charge in [-0.25, -0.2) is 0 Å². The summed E-state index contributed by atoms with van der Waals surface area (Å²) in [6, 6.07) is 2.05. The van der Waals surface area contributed by atoms with Crippen LogP contribution in [0.15, 0.2) is 16.8 Å². The van der Waals surface area contributed by atoms with Gasteiger partial charge in [-0.2, -0.15) is 10.1 Å². The lowest BCUT2D eigenvalue weighted by Gasteiger charge is -2.31. The largest absolute Gasteiger partial charge is 0.372 e. The molecule has 23 heavy (non-hydrogen) atoms. The van der Waals surface area contributed by atoms with Gasteiger partial charge in [0.25, 0.3) is 0 Å². The van der Waals surface area contributed by atoms with E-state index in [2.05, 4.69) is 20.6 Å². The summed E-state index contributed by atoms with van der Waals surface area (Å²) in [5, 5.41) is 11.8. The molecule has 1 aliphatic carbocycles. The molecule has 1 aliphatic heterocycles. The second-order valence-corrected chi connectivity index (χ2v) is 6.53. The lowest BCUT2D eigenvalue weighted by atomic mass is 9.92. The first kappa shape index (κ1) is 14.8. The molecule has 0 unspecified atom stereocenters. The number of aromatic nitrogens is 4. The Balaban J connectivity index is 1.33. The first-order valence-corrected chi connectivity index (χ1v) is 8.44. The van der Waals surface area contributed by atoms with E-state index in [1.165, 1.54) is 12.8 Å². The van der Waals surface area contributed by atoms with E-state index in [0.717, 1.165) is 43.4 Å². The molecule has 0 radical (unpaired) electrons. The highest BCUT2D eigenvalue weighted by atomic mass is 16.5. The maximum absolute atomic E-state index is 6.01. The Bertz CT molecular complexity index is 648. The van der Waals surface area contributed by atoms with E-state index in [1.54, 1.807) is 0 Å². The van der Waals surface area contributed by atoms with Gasteiger partial charge in [-0.05, 0) is 31.7 Å². The van der Waals surface area contributed by atoms with Crippen LogP contribution in [-0.2, 0) is 18.3 Å². The van der Waals surface area contributed by atoms with Crippen LogP contribution in [0.25, 0.3) is 0 Å². The molecule has 2 atom stereocenters. The standard InChI is InChI=1S/C16H23N5O2/c1-21-13(6-7-18-21)15-12(3-2-8-22-15)9-17-10-14-19-16(23-20-14)11-4-5-11/h6-7,11-12,15,17H,2-5,8-10H2,1H3/t12-,15+/m0/s1. The summed E-state index contributed by atoms with van der Waals surface area (Å²) in [7, 11) is 1.97. The Labute approximate surface area is 135 Å². The predicted molar refractivity (Wildman–Crippen MR) is 82.6 cm³/mol. The third-order valence-electron chi connectivity index (χ3n) is 4.70. The van der Waals surface area contributed by atoms with Gasteiger partial charge in [0.1, 0.15) is 6.10 Å². The maximum Gasteiger partial charge on any atom is 0.229 e. The molecule has 3 heterocycles. The first-order valence-electron chi connectivity index (χ1n) is 8.44. The van der Waals surface area contributed by atoms with Gasteiger partial charge in [0, 0.05) is 38.2 Å². The zero-order valence-electron chi connectivity index (χ0n) is 13.4. The Morgan fingerprint density at radius 2 is 2.26 bits per heavy atom. The topological polar surface area (TPSA) is 78.0 Å². The van der Waals surface area contributed by atoms with Gasteiger partial charge >= 0.3 is 0 Å². The minimum absolute atomic E-state index is 0.107. The summed E-state index contributed by atoms with van der Waals surface area (Å²) in [5.41, 5.74) is 1.15. The predicted octanol–water partition coefficient (Wildman–Crippen LogP) is 1.94. The summed E-state index contributed by atoms with van der Waals surface area (Å²) >= 11 is 0. The zero-order chi connectivity index (χ0) is 15.6. The fourth-order valence-corrected chi connectivity index (χ4v) is 3.25. The summed E-state index contributed by atoms with van der Waals surface area (Å²) < 4.78 is 13.2. The second-order valence-electron chi connectivity index (χ2n) is 6.53. The molecule has 7 nitrogen and oxygen atoms in total. The lowest BCUT2D eigenvalue weighted by Crippen LogP contribution is -2.32. The molecule has 0 bridgehead atoms. The highest BCUT2D eigenvalue weighted by Crippen LogP contribution is 2.38. The van der Waals surface area contributed by atoms with Gasteiger partial charge in [0.15, 0.2) is 5.82 Å².